The molecule has 0 bridgehead atoms. The summed E-state index contributed by atoms with van der Waals surface area (Å²) in [4.78, 5) is 4.27. The van der Waals surface area contributed by atoms with Gasteiger partial charge in [-0.15, -0.1) is 0 Å². The molecule has 0 atom stereocenters. The fraction of sp³-hybridized carbons (Fsp3) is 0.222. The average Bonchev–Trinajstić information content (AvgIpc) is 2.54. The number of benzene rings is 2. The normalized spacial score (nSPS) is 13.5. The molecule has 0 unspecified atom stereocenters. The Kier molecular flexibility index (Phi) is 3.92. The van der Waals surface area contributed by atoms with Crippen LogP contribution < -0.4 is 9.80 Å². The summed E-state index contributed by atoms with van der Waals surface area (Å²) in [5.41, 5.74) is 5.31. The zero-order valence-electron chi connectivity index (χ0n) is 13.2. The minimum atomic E-state index is 0.858. The van der Waals surface area contributed by atoms with Crippen molar-refractivity contribution < 1.29 is 0 Å². The first kappa shape index (κ1) is 14.3. The number of azo groups is 1. The van der Waals surface area contributed by atoms with E-state index in [4.69, 9.17) is 0 Å². The Morgan fingerprint density at radius 3 is 2.36 bits per heavy atom. The second kappa shape index (κ2) is 6.02. The Labute approximate surface area is 131 Å². The third-order valence-corrected chi connectivity index (χ3v) is 3.75. The summed E-state index contributed by atoms with van der Waals surface area (Å²) in [6.07, 6.45) is 4.31. The molecule has 112 valence electrons. The fourth-order valence-electron chi connectivity index (χ4n) is 2.43. The maximum absolute atomic E-state index is 4.35. The van der Waals surface area contributed by atoms with Gasteiger partial charge in [0.2, 0.25) is 0 Å². The van der Waals surface area contributed by atoms with Crippen molar-refractivity contribution in [2.45, 2.75) is 0 Å². The summed E-state index contributed by atoms with van der Waals surface area (Å²) in [7, 11) is 6.13. The van der Waals surface area contributed by atoms with Gasteiger partial charge in [0.05, 0.1) is 11.4 Å². The van der Waals surface area contributed by atoms with Crippen LogP contribution in [0.4, 0.5) is 22.7 Å². The minimum absolute atomic E-state index is 0.858. The van der Waals surface area contributed by atoms with E-state index < -0.39 is 0 Å². The zero-order chi connectivity index (χ0) is 15.5. The van der Waals surface area contributed by atoms with Gasteiger partial charge in [0.25, 0.3) is 0 Å². The Morgan fingerprint density at radius 2 is 1.64 bits per heavy atom. The number of nitrogens with zero attached hydrogens (tertiary/aromatic N) is 4. The lowest BCUT2D eigenvalue weighted by Crippen LogP contribution is -2.19. The van der Waals surface area contributed by atoms with Crippen molar-refractivity contribution in [2.75, 3.05) is 37.5 Å². The first-order valence-electron chi connectivity index (χ1n) is 7.34. The molecule has 0 saturated carbocycles. The maximum Gasteiger partial charge on any atom is 0.0878 e. The van der Waals surface area contributed by atoms with Gasteiger partial charge < -0.3 is 9.80 Å². The Balaban J connectivity index is 1.81. The highest BCUT2D eigenvalue weighted by Gasteiger charge is 2.09. The quantitative estimate of drug-likeness (QED) is 0.772. The van der Waals surface area contributed by atoms with Gasteiger partial charge in [0, 0.05) is 39.1 Å². The van der Waals surface area contributed by atoms with E-state index in [0.717, 1.165) is 23.6 Å². The summed E-state index contributed by atoms with van der Waals surface area (Å²) in [5, 5.41) is 8.68. The molecule has 2 aromatic carbocycles. The molecule has 0 spiro atoms. The van der Waals surface area contributed by atoms with Crippen LogP contribution in [-0.4, -0.2) is 27.7 Å². The highest BCUT2D eigenvalue weighted by molar-refractivity contribution is 5.74. The molecule has 22 heavy (non-hydrogen) atoms. The van der Waals surface area contributed by atoms with Crippen molar-refractivity contribution in [3.05, 3.63) is 54.1 Å². The molecule has 0 saturated heterocycles. The van der Waals surface area contributed by atoms with Crippen molar-refractivity contribution in [1.29, 1.82) is 0 Å². The van der Waals surface area contributed by atoms with Crippen LogP contribution in [0.3, 0.4) is 0 Å². The van der Waals surface area contributed by atoms with Gasteiger partial charge in [-0.25, -0.2) is 0 Å². The smallest absolute Gasteiger partial charge is 0.0878 e. The second-order valence-electron chi connectivity index (χ2n) is 5.64. The Morgan fingerprint density at radius 1 is 0.955 bits per heavy atom. The van der Waals surface area contributed by atoms with Crippen LogP contribution in [0.25, 0.3) is 6.08 Å². The summed E-state index contributed by atoms with van der Waals surface area (Å²) in [6, 6.07) is 14.2. The van der Waals surface area contributed by atoms with Crippen molar-refractivity contribution >= 4 is 28.8 Å². The van der Waals surface area contributed by atoms with Gasteiger partial charge >= 0.3 is 0 Å². The third-order valence-electron chi connectivity index (χ3n) is 3.75. The molecular weight excluding hydrogens is 272 g/mol. The molecule has 0 amide bonds. The molecule has 0 aromatic heterocycles. The van der Waals surface area contributed by atoms with Crippen molar-refractivity contribution in [3.8, 4) is 0 Å². The molecule has 0 N–H and O–H groups in total. The highest BCUT2D eigenvalue weighted by Crippen LogP contribution is 2.30. The number of fused-ring (bicyclic) bond motifs is 1. The molecule has 0 fully saturated rings. The standard InChI is InChI=1S/C18H20N4/c1-21(2)17-10-8-15(9-11-17)19-20-16-7-6-14-5-4-12-22(3)18(14)13-16/h4-11,13H,12H2,1-3H3. The topological polar surface area (TPSA) is 31.2 Å². The molecule has 1 aliphatic rings. The largest absolute Gasteiger partial charge is 0.378 e. The Hall–Kier alpha value is -2.62. The van der Waals surface area contributed by atoms with Crippen LogP contribution in [0.2, 0.25) is 0 Å². The molecule has 0 aliphatic carbocycles. The second-order valence-corrected chi connectivity index (χ2v) is 5.64. The van der Waals surface area contributed by atoms with E-state index in [-0.39, 0.29) is 0 Å². The Bertz CT molecular complexity index is 714. The van der Waals surface area contributed by atoms with Crippen LogP contribution in [-0.2, 0) is 0 Å². The van der Waals surface area contributed by atoms with Gasteiger partial charge in [-0.05, 0) is 42.0 Å². The molecule has 0 radical (unpaired) electrons. The summed E-state index contributed by atoms with van der Waals surface area (Å²) >= 11 is 0. The first-order chi connectivity index (χ1) is 10.6. The predicted molar refractivity (Wildman–Crippen MR) is 93.7 cm³/mol. The lowest BCUT2D eigenvalue weighted by molar-refractivity contribution is 1.02. The maximum atomic E-state index is 4.35. The van der Waals surface area contributed by atoms with Crippen molar-refractivity contribution in [2.24, 2.45) is 10.2 Å². The summed E-state index contributed by atoms with van der Waals surface area (Å²) < 4.78 is 0. The number of likely N-dealkylation sites (N-methyl/N-ethyl adjacent to an activating group) is 1. The molecule has 3 rings (SSSR count). The molecule has 4 heteroatoms. The predicted octanol–water partition coefficient (Wildman–Crippen LogP) is 4.63. The van der Waals surface area contributed by atoms with E-state index in [9.17, 15) is 0 Å². The van der Waals surface area contributed by atoms with E-state index in [1.54, 1.807) is 0 Å². The third kappa shape index (κ3) is 3.01. The van der Waals surface area contributed by atoms with E-state index >= 15 is 0 Å². The van der Waals surface area contributed by atoms with Gasteiger partial charge in [0.1, 0.15) is 0 Å². The van der Waals surface area contributed by atoms with Gasteiger partial charge in [-0.1, -0.05) is 18.2 Å². The number of hydrogen-bond donors (Lipinski definition) is 0. The molecule has 4 nitrogen and oxygen atoms in total. The van der Waals surface area contributed by atoms with E-state index in [1.807, 2.05) is 44.4 Å². The SMILES string of the molecule is CN(C)c1ccc(N=Nc2ccc3c(c2)N(C)CC=C3)cc1. The lowest BCUT2D eigenvalue weighted by atomic mass is 10.1. The first-order valence-corrected chi connectivity index (χ1v) is 7.34. The van der Waals surface area contributed by atoms with Crippen LogP contribution in [0.1, 0.15) is 5.56 Å². The van der Waals surface area contributed by atoms with Gasteiger partial charge in [0.15, 0.2) is 0 Å². The van der Waals surface area contributed by atoms with E-state index in [0.29, 0.717) is 0 Å². The monoisotopic (exact) mass is 292 g/mol. The molecule has 2 aromatic rings. The van der Waals surface area contributed by atoms with Crippen molar-refractivity contribution in [3.63, 3.8) is 0 Å². The highest BCUT2D eigenvalue weighted by atomic mass is 15.1. The van der Waals surface area contributed by atoms with Crippen LogP contribution in [0.15, 0.2) is 58.8 Å². The number of anilines is 2. The fourth-order valence-corrected chi connectivity index (χ4v) is 2.43. The van der Waals surface area contributed by atoms with Crippen molar-refractivity contribution in [1.82, 2.24) is 0 Å². The summed E-state index contributed by atoms with van der Waals surface area (Å²) in [5.74, 6) is 0. The van der Waals surface area contributed by atoms with E-state index in [1.165, 1.54) is 11.3 Å². The van der Waals surface area contributed by atoms with Gasteiger partial charge in [-0.2, -0.15) is 10.2 Å². The number of rotatable bonds is 3. The van der Waals surface area contributed by atoms with Crippen LogP contribution >= 0.6 is 0 Å². The minimum Gasteiger partial charge on any atom is -0.378 e. The van der Waals surface area contributed by atoms with Gasteiger partial charge in [-0.3, -0.25) is 0 Å². The van der Waals surface area contributed by atoms with E-state index in [2.05, 4.69) is 51.4 Å². The average molecular weight is 292 g/mol. The van der Waals surface area contributed by atoms with Crippen LogP contribution in [0, 0.1) is 0 Å². The van der Waals surface area contributed by atoms with Crippen LogP contribution in [0.5, 0.6) is 0 Å². The summed E-state index contributed by atoms with van der Waals surface area (Å²) in [6.45, 7) is 0.930. The molecular formula is C18H20N4. The molecule has 1 aliphatic heterocycles. The number of hydrogen-bond acceptors (Lipinski definition) is 4. The molecule has 1 heterocycles. The lowest BCUT2D eigenvalue weighted by Gasteiger charge is -2.23. The zero-order valence-corrected chi connectivity index (χ0v) is 13.2.